The first kappa shape index (κ1) is 20.0. The molecule has 3 aromatic rings. The molecule has 2 heterocycles. The predicted molar refractivity (Wildman–Crippen MR) is 99.4 cm³/mol. The van der Waals surface area contributed by atoms with Crippen LogP contribution in [0.2, 0.25) is 0 Å². The second kappa shape index (κ2) is 6.87. The van der Waals surface area contributed by atoms with Crippen LogP contribution in [0.25, 0.3) is 10.9 Å². The van der Waals surface area contributed by atoms with Crippen molar-refractivity contribution in [2.24, 2.45) is 0 Å². The minimum absolute atomic E-state index is 0.0469. The highest BCUT2D eigenvalue weighted by atomic mass is 32.2. The number of hydrogen-bond acceptors (Lipinski definition) is 5. The number of amides is 2. The molecule has 156 valence electrons. The lowest BCUT2D eigenvalue weighted by atomic mass is 10.1. The SMILES string of the molecule is O=C1c2ccccc2C(=O)N1CCc1c[nH]c2ccc(OS(=O)(=O)C(F)(F)F)cc12. The van der Waals surface area contributed by atoms with Crippen molar-refractivity contribution in [3.63, 3.8) is 0 Å². The van der Waals surface area contributed by atoms with E-state index in [1.165, 1.54) is 6.07 Å². The van der Waals surface area contributed by atoms with Gasteiger partial charge in [0.05, 0.1) is 11.1 Å². The molecular weight excluding hydrogens is 425 g/mol. The van der Waals surface area contributed by atoms with Gasteiger partial charge in [0.15, 0.2) is 0 Å². The molecule has 0 radical (unpaired) electrons. The van der Waals surface area contributed by atoms with E-state index >= 15 is 0 Å². The molecule has 0 unspecified atom stereocenters. The third kappa shape index (κ3) is 3.30. The van der Waals surface area contributed by atoms with Gasteiger partial charge in [-0.05, 0) is 42.3 Å². The molecule has 0 bridgehead atoms. The van der Waals surface area contributed by atoms with E-state index in [1.807, 2.05) is 0 Å². The van der Waals surface area contributed by atoms with Gasteiger partial charge in [0.25, 0.3) is 11.8 Å². The summed E-state index contributed by atoms with van der Waals surface area (Å²) >= 11 is 0. The molecule has 0 saturated heterocycles. The van der Waals surface area contributed by atoms with E-state index in [1.54, 1.807) is 30.5 Å². The van der Waals surface area contributed by atoms with Gasteiger partial charge >= 0.3 is 15.6 Å². The Bertz CT molecular complexity index is 1250. The molecule has 0 spiro atoms. The minimum Gasteiger partial charge on any atom is -0.376 e. The van der Waals surface area contributed by atoms with E-state index in [4.69, 9.17) is 0 Å². The summed E-state index contributed by atoms with van der Waals surface area (Å²) in [6.07, 6.45) is 1.78. The number of halogens is 3. The fraction of sp³-hybridized carbons (Fsp3) is 0.158. The Hall–Kier alpha value is -3.34. The van der Waals surface area contributed by atoms with Crippen LogP contribution in [-0.2, 0) is 16.5 Å². The Balaban J connectivity index is 1.56. The summed E-state index contributed by atoms with van der Waals surface area (Å²) < 4.78 is 64.2. The van der Waals surface area contributed by atoms with Gasteiger partial charge in [-0.2, -0.15) is 21.6 Å². The van der Waals surface area contributed by atoms with E-state index in [-0.39, 0.29) is 13.0 Å². The predicted octanol–water partition coefficient (Wildman–Crippen LogP) is 3.24. The van der Waals surface area contributed by atoms with Crippen molar-refractivity contribution in [1.29, 1.82) is 0 Å². The van der Waals surface area contributed by atoms with Gasteiger partial charge < -0.3 is 9.17 Å². The molecule has 0 aliphatic carbocycles. The highest BCUT2D eigenvalue weighted by Crippen LogP contribution is 2.30. The lowest BCUT2D eigenvalue weighted by Gasteiger charge is -2.13. The summed E-state index contributed by atoms with van der Waals surface area (Å²) in [4.78, 5) is 28.9. The van der Waals surface area contributed by atoms with E-state index in [0.717, 1.165) is 17.0 Å². The molecule has 1 aromatic heterocycles. The van der Waals surface area contributed by atoms with E-state index in [0.29, 0.717) is 27.6 Å². The van der Waals surface area contributed by atoms with E-state index < -0.39 is 33.2 Å². The van der Waals surface area contributed by atoms with Crippen molar-refractivity contribution in [2.75, 3.05) is 6.54 Å². The standard InChI is InChI=1S/C19H13F3N2O5S/c20-19(21,22)30(27,28)29-12-5-6-16-15(9-12)11(10-23-16)7-8-24-17(25)13-3-1-2-4-14(13)18(24)26/h1-6,9-10,23H,7-8H2. The number of aromatic amines is 1. The van der Waals surface area contributed by atoms with Gasteiger partial charge in [0, 0.05) is 23.6 Å². The maximum Gasteiger partial charge on any atom is 0.534 e. The molecule has 1 aliphatic heterocycles. The lowest BCUT2D eigenvalue weighted by Crippen LogP contribution is -2.31. The van der Waals surface area contributed by atoms with Gasteiger partial charge in [-0.1, -0.05) is 12.1 Å². The summed E-state index contributed by atoms with van der Waals surface area (Å²) in [5, 5.41) is 0.418. The first-order valence-electron chi connectivity index (χ1n) is 8.64. The molecule has 7 nitrogen and oxygen atoms in total. The quantitative estimate of drug-likeness (QED) is 0.375. The van der Waals surface area contributed by atoms with Gasteiger partial charge in [-0.25, -0.2) is 0 Å². The Kier molecular flexibility index (Phi) is 4.57. The molecule has 11 heteroatoms. The van der Waals surface area contributed by atoms with Gasteiger partial charge in [0.2, 0.25) is 0 Å². The molecule has 30 heavy (non-hydrogen) atoms. The number of fused-ring (bicyclic) bond motifs is 2. The van der Waals surface area contributed by atoms with Gasteiger partial charge in [-0.3, -0.25) is 14.5 Å². The number of rotatable bonds is 5. The number of carbonyl (C=O) groups excluding carboxylic acids is 2. The van der Waals surface area contributed by atoms with E-state index in [2.05, 4.69) is 9.17 Å². The monoisotopic (exact) mass is 438 g/mol. The molecule has 0 atom stereocenters. The molecule has 1 N–H and O–H groups in total. The minimum atomic E-state index is -5.79. The number of carbonyl (C=O) groups is 2. The summed E-state index contributed by atoms with van der Waals surface area (Å²) in [5.41, 5.74) is -3.81. The molecule has 2 aromatic carbocycles. The molecule has 1 aliphatic rings. The maximum absolute atomic E-state index is 12.5. The van der Waals surface area contributed by atoms with Crippen molar-refractivity contribution >= 4 is 32.8 Å². The zero-order valence-corrected chi connectivity index (χ0v) is 15.9. The van der Waals surface area contributed by atoms with Crippen LogP contribution in [0.4, 0.5) is 13.2 Å². The second-order valence-corrected chi connectivity index (χ2v) is 8.10. The summed E-state index contributed by atoms with van der Waals surface area (Å²) in [7, 11) is -5.79. The van der Waals surface area contributed by atoms with Gasteiger partial charge in [-0.15, -0.1) is 0 Å². The number of imide groups is 1. The van der Waals surface area contributed by atoms with Crippen molar-refractivity contribution in [1.82, 2.24) is 9.88 Å². The largest absolute Gasteiger partial charge is 0.534 e. The highest BCUT2D eigenvalue weighted by Gasteiger charge is 2.48. The van der Waals surface area contributed by atoms with Crippen molar-refractivity contribution < 1.29 is 35.4 Å². The fourth-order valence-corrected chi connectivity index (χ4v) is 3.72. The van der Waals surface area contributed by atoms with Crippen LogP contribution in [0.3, 0.4) is 0 Å². The summed E-state index contributed by atoms with van der Waals surface area (Å²) in [6, 6.07) is 10.1. The highest BCUT2D eigenvalue weighted by molar-refractivity contribution is 7.88. The number of H-pyrrole nitrogens is 1. The first-order valence-corrected chi connectivity index (χ1v) is 10.1. The Morgan fingerprint density at radius 3 is 2.23 bits per heavy atom. The third-order valence-corrected chi connectivity index (χ3v) is 5.69. The Morgan fingerprint density at radius 1 is 1.00 bits per heavy atom. The topological polar surface area (TPSA) is 96.5 Å². The smallest absolute Gasteiger partial charge is 0.376 e. The number of benzene rings is 2. The van der Waals surface area contributed by atoms with Crippen LogP contribution in [0.15, 0.2) is 48.7 Å². The summed E-state index contributed by atoms with van der Waals surface area (Å²) in [6.45, 7) is 0.0469. The Labute approximate surface area is 168 Å². The third-order valence-electron chi connectivity index (χ3n) is 4.71. The maximum atomic E-state index is 12.5. The number of aromatic nitrogens is 1. The molecule has 0 fully saturated rings. The van der Waals surface area contributed by atoms with Crippen LogP contribution in [-0.4, -0.2) is 42.2 Å². The Morgan fingerprint density at radius 2 is 1.63 bits per heavy atom. The number of nitrogens with zero attached hydrogens (tertiary/aromatic N) is 1. The van der Waals surface area contributed by atoms with Crippen molar-refractivity contribution in [3.8, 4) is 5.75 Å². The molecule has 4 rings (SSSR count). The number of hydrogen-bond donors (Lipinski definition) is 1. The van der Waals surface area contributed by atoms with Crippen LogP contribution >= 0.6 is 0 Å². The molecule has 2 amide bonds. The van der Waals surface area contributed by atoms with Crippen LogP contribution < -0.4 is 4.18 Å². The average molecular weight is 438 g/mol. The number of alkyl halides is 3. The first-order chi connectivity index (χ1) is 14.1. The fourth-order valence-electron chi connectivity index (χ4n) is 3.26. The van der Waals surface area contributed by atoms with E-state index in [9.17, 15) is 31.2 Å². The van der Waals surface area contributed by atoms with Crippen LogP contribution in [0, 0.1) is 0 Å². The second-order valence-electron chi connectivity index (χ2n) is 6.56. The average Bonchev–Trinajstić information content (AvgIpc) is 3.18. The normalized spacial score (nSPS) is 14.4. The number of nitrogens with one attached hydrogen (secondary N) is 1. The van der Waals surface area contributed by atoms with Gasteiger partial charge in [0.1, 0.15) is 5.75 Å². The zero-order valence-electron chi connectivity index (χ0n) is 15.1. The molecule has 0 saturated carbocycles. The lowest BCUT2D eigenvalue weighted by molar-refractivity contribution is -0.0500. The van der Waals surface area contributed by atoms with Crippen LogP contribution in [0.5, 0.6) is 5.75 Å². The molecular formula is C19H13F3N2O5S. The van der Waals surface area contributed by atoms with Crippen LogP contribution in [0.1, 0.15) is 26.3 Å². The van der Waals surface area contributed by atoms with Crippen molar-refractivity contribution in [2.45, 2.75) is 11.9 Å². The zero-order chi connectivity index (χ0) is 21.7. The summed E-state index contributed by atoms with van der Waals surface area (Å²) in [5.74, 6) is -1.34. The van der Waals surface area contributed by atoms with Crippen molar-refractivity contribution in [3.05, 3.63) is 65.4 Å².